The average molecular weight is 463 g/mol. The maximum Gasteiger partial charge on any atom is 0.234 e. The number of nitrogens with one attached hydrogen (secondary N) is 1. The number of para-hydroxylation sites is 2. The van der Waals surface area contributed by atoms with Crippen molar-refractivity contribution in [3.8, 4) is 22.8 Å². The summed E-state index contributed by atoms with van der Waals surface area (Å²) >= 11 is 1.23. The zero-order valence-electron chi connectivity index (χ0n) is 18.3. The van der Waals surface area contributed by atoms with Crippen LogP contribution in [0.1, 0.15) is 12.5 Å². The largest absolute Gasteiger partial charge is 0.492 e. The minimum absolute atomic E-state index is 0.0989. The Morgan fingerprint density at radius 2 is 1.76 bits per heavy atom. The van der Waals surface area contributed by atoms with Gasteiger partial charge in [0.05, 0.1) is 23.6 Å². The Hall–Kier alpha value is -3.65. The molecule has 0 saturated carbocycles. The Kier molecular flexibility index (Phi) is 7.04. The lowest BCUT2D eigenvalue weighted by Gasteiger charge is -2.12. The first-order valence-electron chi connectivity index (χ1n) is 10.5. The molecule has 6 nitrogen and oxygen atoms in total. The van der Waals surface area contributed by atoms with Crippen LogP contribution in [0.3, 0.4) is 0 Å². The summed E-state index contributed by atoms with van der Waals surface area (Å²) in [5.41, 5.74) is 2.83. The molecule has 0 spiro atoms. The molecule has 1 N–H and O–H groups in total. The first-order valence-corrected chi connectivity index (χ1v) is 11.5. The quantitative estimate of drug-likeness (QED) is 0.350. The van der Waals surface area contributed by atoms with Crippen LogP contribution in [-0.2, 0) is 4.79 Å². The number of hydrogen-bond acceptors (Lipinski definition) is 5. The number of aromatic nitrogens is 3. The summed E-state index contributed by atoms with van der Waals surface area (Å²) in [7, 11) is 0. The van der Waals surface area contributed by atoms with E-state index in [1.165, 1.54) is 17.8 Å². The molecule has 168 valence electrons. The molecule has 0 bridgehead atoms. The first kappa shape index (κ1) is 22.5. The third-order valence-electron chi connectivity index (χ3n) is 4.83. The summed E-state index contributed by atoms with van der Waals surface area (Å²) in [5, 5.41) is 11.9. The van der Waals surface area contributed by atoms with Gasteiger partial charge in [0.1, 0.15) is 11.6 Å². The summed E-state index contributed by atoms with van der Waals surface area (Å²) in [6, 6.07) is 21.5. The molecule has 0 radical (unpaired) electrons. The van der Waals surface area contributed by atoms with Gasteiger partial charge in [-0.05, 0) is 50.2 Å². The average Bonchev–Trinajstić information content (AvgIpc) is 3.24. The molecule has 0 saturated heterocycles. The topological polar surface area (TPSA) is 69.0 Å². The van der Waals surface area contributed by atoms with Gasteiger partial charge in [-0.1, -0.05) is 53.7 Å². The Labute approximate surface area is 195 Å². The molecule has 0 aliphatic carbocycles. The first-order chi connectivity index (χ1) is 16.1. The molecule has 4 rings (SSSR count). The van der Waals surface area contributed by atoms with Gasteiger partial charge in [0, 0.05) is 5.69 Å². The number of nitrogens with zero attached hydrogens (tertiary/aromatic N) is 3. The van der Waals surface area contributed by atoms with Crippen LogP contribution in [0.25, 0.3) is 17.1 Å². The van der Waals surface area contributed by atoms with Crippen molar-refractivity contribution >= 4 is 23.4 Å². The van der Waals surface area contributed by atoms with Crippen molar-refractivity contribution in [2.75, 3.05) is 17.7 Å². The summed E-state index contributed by atoms with van der Waals surface area (Å²) in [4.78, 5) is 12.7. The van der Waals surface area contributed by atoms with Crippen molar-refractivity contribution < 1.29 is 13.9 Å². The van der Waals surface area contributed by atoms with E-state index >= 15 is 0 Å². The summed E-state index contributed by atoms with van der Waals surface area (Å²) < 4.78 is 21.9. The van der Waals surface area contributed by atoms with E-state index in [0.717, 1.165) is 11.3 Å². The van der Waals surface area contributed by atoms with Crippen LogP contribution in [0, 0.1) is 12.7 Å². The Morgan fingerprint density at radius 3 is 2.52 bits per heavy atom. The van der Waals surface area contributed by atoms with Gasteiger partial charge in [-0.2, -0.15) is 0 Å². The predicted molar refractivity (Wildman–Crippen MR) is 128 cm³/mol. The zero-order valence-corrected chi connectivity index (χ0v) is 19.1. The van der Waals surface area contributed by atoms with Crippen molar-refractivity contribution in [2.45, 2.75) is 19.0 Å². The summed E-state index contributed by atoms with van der Waals surface area (Å²) in [6.07, 6.45) is 0. The lowest BCUT2D eigenvalue weighted by Crippen LogP contribution is -2.15. The lowest BCUT2D eigenvalue weighted by atomic mass is 10.2. The highest BCUT2D eigenvalue weighted by Crippen LogP contribution is 2.30. The number of rotatable bonds is 8. The van der Waals surface area contributed by atoms with E-state index in [1.54, 1.807) is 34.9 Å². The number of benzene rings is 3. The minimum atomic E-state index is -0.389. The van der Waals surface area contributed by atoms with E-state index in [2.05, 4.69) is 15.5 Å². The lowest BCUT2D eigenvalue weighted by molar-refractivity contribution is -0.113. The Balaban J connectivity index is 1.60. The molecular weight excluding hydrogens is 439 g/mol. The highest BCUT2D eigenvalue weighted by Gasteiger charge is 2.19. The Morgan fingerprint density at radius 1 is 1.03 bits per heavy atom. The number of hydrogen-bond donors (Lipinski definition) is 1. The smallest absolute Gasteiger partial charge is 0.234 e. The van der Waals surface area contributed by atoms with Crippen LogP contribution in [0.15, 0.2) is 78.0 Å². The van der Waals surface area contributed by atoms with E-state index in [1.807, 2.05) is 50.2 Å². The molecule has 0 aliphatic heterocycles. The Bertz CT molecular complexity index is 1260. The van der Waals surface area contributed by atoms with E-state index in [-0.39, 0.29) is 17.5 Å². The van der Waals surface area contributed by atoms with Gasteiger partial charge in [0.15, 0.2) is 11.0 Å². The van der Waals surface area contributed by atoms with Crippen molar-refractivity contribution in [3.05, 3.63) is 84.2 Å². The molecule has 3 aromatic carbocycles. The highest BCUT2D eigenvalue weighted by molar-refractivity contribution is 7.99. The van der Waals surface area contributed by atoms with Crippen molar-refractivity contribution in [3.63, 3.8) is 0 Å². The number of anilines is 1. The van der Waals surface area contributed by atoms with E-state index < -0.39 is 0 Å². The van der Waals surface area contributed by atoms with Gasteiger partial charge in [0.25, 0.3) is 0 Å². The number of aryl methyl sites for hydroxylation is 1. The van der Waals surface area contributed by atoms with Gasteiger partial charge in [-0.25, -0.2) is 4.39 Å². The van der Waals surface area contributed by atoms with Gasteiger partial charge in [-0.15, -0.1) is 10.2 Å². The second kappa shape index (κ2) is 10.3. The zero-order chi connectivity index (χ0) is 23.2. The van der Waals surface area contributed by atoms with E-state index in [9.17, 15) is 9.18 Å². The fraction of sp³-hybridized carbons (Fsp3) is 0.160. The van der Waals surface area contributed by atoms with Gasteiger partial charge < -0.3 is 10.1 Å². The maximum atomic E-state index is 14.5. The number of ether oxygens (including phenoxy) is 1. The second-order valence-electron chi connectivity index (χ2n) is 7.22. The summed E-state index contributed by atoms with van der Waals surface area (Å²) in [5.74, 6) is 0.490. The number of halogens is 1. The third-order valence-corrected chi connectivity index (χ3v) is 5.76. The standard InChI is InChI=1S/C25H23FN4O2S/c1-3-32-22-11-7-6-10-21(22)27-23(31)16-33-25-29-28-24(19-8-4-5-9-20(19)26)30(25)18-14-12-17(2)13-15-18/h4-15H,3,16H2,1-2H3,(H,27,31). The minimum Gasteiger partial charge on any atom is -0.492 e. The fourth-order valence-corrected chi connectivity index (χ4v) is 4.03. The van der Waals surface area contributed by atoms with Crippen molar-refractivity contribution in [2.24, 2.45) is 0 Å². The molecule has 0 aliphatic rings. The molecular formula is C25H23FN4O2S. The molecule has 1 aromatic heterocycles. The van der Waals surface area contributed by atoms with Crippen LogP contribution in [-0.4, -0.2) is 33.0 Å². The van der Waals surface area contributed by atoms with Crippen molar-refractivity contribution in [1.29, 1.82) is 0 Å². The van der Waals surface area contributed by atoms with Gasteiger partial charge >= 0.3 is 0 Å². The maximum absolute atomic E-state index is 14.5. The van der Waals surface area contributed by atoms with Crippen LogP contribution >= 0.6 is 11.8 Å². The van der Waals surface area contributed by atoms with Gasteiger partial charge in [-0.3, -0.25) is 9.36 Å². The molecule has 0 atom stereocenters. The van der Waals surface area contributed by atoms with E-state index in [0.29, 0.717) is 34.6 Å². The molecule has 0 unspecified atom stereocenters. The molecule has 1 amide bonds. The van der Waals surface area contributed by atoms with Gasteiger partial charge in [0.2, 0.25) is 5.91 Å². The number of amides is 1. The third kappa shape index (κ3) is 5.23. The number of carbonyl (C=O) groups excluding carboxylic acids is 1. The molecule has 33 heavy (non-hydrogen) atoms. The number of carbonyl (C=O) groups is 1. The van der Waals surface area contributed by atoms with Crippen molar-refractivity contribution in [1.82, 2.24) is 14.8 Å². The summed E-state index contributed by atoms with van der Waals surface area (Å²) in [6.45, 7) is 4.38. The monoisotopic (exact) mass is 462 g/mol. The predicted octanol–water partition coefficient (Wildman–Crippen LogP) is 5.51. The molecule has 8 heteroatoms. The SMILES string of the molecule is CCOc1ccccc1NC(=O)CSc1nnc(-c2ccccc2F)n1-c1ccc(C)cc1. The van der Waals surface area contributed by atoms with Crippen LogP contribution in [0.4, 0.5) is 10.1 Å². The molecule has 1 heterocycles. The van der Waals surface area contributed by atoms with Crippen LogP contribution in [0.5, 0.6) is 5.75 Å². The normalized spacial score (nSPS) is 10.8. The molecule has 4 aromatic rings. The van der Waals surface area contributed by atoms with Crippen LogP contribution in [0.2, 0.25) is 0 Å². The second-order valence-corrected chi connectivity index (χ2v) is 8.17. The number of thioether (sulfide) groups is 1. The molecule has 0 fully saturated rings. The van der Waals surface area contributed by atoms with Crippen LogP contribution < -0.4 is 10.1 Å². The van der Waals surface area contributed by atoms with E-state index in [4.69, 9.17) is 4.74 Å². The highest BCUT2D eigenvalue weighted by atomic mass is 32.2. The fourth-order valence-electron chi connectivity index (χ4n) is 3.27.